The number of fused-ring (bicyclic) bond motifs is 1. The lowest BCUT2D eigenvalue weighted by Crippen LogP contribution is -2.41. The van der Waals surface area contributed by atoms with Crippen molar-refractivity contribution in [1.29, 1.82) is 0 Å². The highest BCUT2D eigenvalue weighted by Crippen LogP contribution is 2.45. The average molecular weight is 304 g/mol. The number of hydrogen-bond donors (Lipinski definition) is 0. The van der Waals surface area contributed by atoms with Crippen LogP contribution in [0.15, 0.2) is 23.2 Å². The van der Waals surface area contributed by atoms with E-state index in [1.54, 1.807) is 6.08 Å². The van der Waals surface area contributed by atoms with Crippen molar-refractivity contribution in [1.82, 2.24) is 0 Å². The Morgan fingerprint density at radius 1 is 1.18 bits per heavy atom. The van der Waals surface area contributed by atoms with Crippen LogP contribution in [0.25, 0.3) is 0 Å². The van der Waals surface area contributed by atoms with Crippen molar-refractivity contribution in [3.63, 3.8) is 0 Å². The molecule has 2 atom stereocenters. The van der Waals surface area contributed by atoms with Gasteiger partial charge in [0.2, 0.25) is 0 Å². The maximum absolute atomic E-state index is 11.8. The van der Waals surface area contributed by atoms with Crippen LogP contribution in [0.1, 0.15) is 48.0 Å². The van der Waals surface area contributed by atoms with Gasteiger partial charge >= 0.3 is 7.12 Å². The van der Waals surface area contributed by atoms with E-state index in [1.807, 2.05) is 47.6 Å². The first-order chi connectivity index (χ1) is 10.1. The molecule has 0 aromatic heterocycles. The van der Waals surface area contributed by atoms with Crippen LogP contribution in [0.2, 0.25) is 0 Å². The van der Waals surface area contributed by atoms with Crippen LogP contribution in [-0.2, 0) is 18.8 Å². The Hall–Kier alpha value is -0.905. The number of ether oxygens (including phenoxy) is 1. The van der Waals surface area contributed by atoms with Crippen molar-refractivity contribution in [3.8, 4) is 0 Å². The van der Waals surface area contributed by atoms with Gasteiger partial charge in [-0.25, -0.2) is 0 Å². The van der Waals surface area contributed by atoms with E-state index in [1.165, 1.54) is 0 Å². The summed E-state index contributed by atoms with van der Waals surface area (Å²) in [5.41, 5.74) is 1.11. The number of allylic oxidation sites excluding steroid dienone is 2. The molecule has 1 aliphatic carbocycles. The third-order valence-corrected chi connectivity index (χ3v) is 5.77. The first kappa shape index (κ1) is 16.0. The van der Waals surface area contributed by atoms with Crippen LogP contribution < -0.4 is 0 Å². The minimum Gasteiger partial charge on any atom is -0.400 e. The fourth-order valence-corrected chi connectivity index (χ4v) is 3.36. The second kappa shape index (κ2) is 4.79. The summed E-state index contributed by atoms with van der Waals surface area (Å²) in [5, 5.41) is 0. The Labute approximate surface area is 133 Å². The molecular formula is C17H25BO4. The van der Waals surface area contributed by atoms with Crippen LogP contribution in [0.3, 0.4) is 0 Å². The van der Waals surface area contributed by atoms with Crippen molar-refractivity contribution < 1.29 is 18.8 Å². The van der Waals surface area contributed by atoms with Crippen LogP contribution in [-0.4, -0.2) is 36.3 Å². The lowest BCUT2D eigenvalue weighted by molar-refractivity contribution is -0.117. The molecule has 0 aromatic rings. The first-order valence-corrected chi connectivity index (χ1v) is 7.97. The highest BCUT2D eigenvalue weighted by Gasteiger charge is 2.54. The third kappa shape index (κ3) is 2.30. The molecule has 2 saturated heterocycles. The highest BCUT2D eigenvalue weighted by atomic mass is 16.7. The monoisotopic (exact) mass is 304 g/mol. The Bertz CT molecular complexity index is 559. The van der Waals surface area contributed by atoms with E-state index in [-0.39, 0.29) is 35.6 Å². The predicted molar refractivity (Wildman–Crippen MR) is 85.4 cm³/mol. The molecule has 0 unspecified atom stereocenters. The van der Waals surface area contributed by atoms with Crippen molar-refractivity contribution in [2.24, 2.45) is 5.92 Å². The summed E-state index contributed by atoms with van der Waals surface area (Å²) < 4.78 is 18.3. The molecule has 0 bridgehead atoms. The zero-order valence-electron chi connectivity index (χ0n) is 14.4. The summed E-state index contributed by atoms with van der Waals surface area (Å²) in [6, 6.07) is 0. The Balaban J connectivity index is 1.92. The average Bonchev–Trinajstić information content (AvgIpc) is 2.84. The maximum Gasteiger partial charge on any atom is 0.490 e. The summed E-state index contributed by atoms with van der Waals surface area (Å²) in [4.78, 5) is 11.8. The molecule has 3 rings (SSSR count). The molecule has 2 fully saturated rings. The molecule has 3 aliphatic rings. The lowest BCUT2D eigenvalue weighted by Gasteiger charge is -2.32. The minimum absolute atomic E-state index is 0.0871. The molecule has 0 aromatic carbocycles. The van der Waals surface area contributed by atoms with Gasteiger partial charge < -0.3 is 14.0 Å². The van der Waals surface area contributed by atoms with Crippen molar-refractivity contribution in [3.05, 3.63) is 23.2 Å². The molecule has 0 N–H and O–H groups in total. The zero-order chi connectivity index (χ0) is 16.3. The van der Waals surface area contributed by atoms with Gasteiger partial charge in [0, 0.05) is 12.3 Å². The second-order valence-corrected chi connectivity index (χ2v) is 7.83. The fraction of sp³-hybridized carbons (Fsp3) is 0.706. The number of carbonyl (C=O) groups excluding carboxylic acids is 1. The van der Waals surface area contributed by atoms with Gasteiger partial charge in [-0.15, -0.1) is 0 Å². The van der Waals surface area contributed by atoms with Gasteiger partial charge in [0.15, 0.2) is 5.78 Å². The molecule has 0 saturated carbocycles. The van der Waals surface area contributed by atoms with Gasteiger partial charge in [0.1, 0.15) is 0 Å². The van der Waals surface area contributed by atoms with Gasteiger partial charge in [-0.1, -0.05) is 0 Å². The van der Waals surface area contributed by atoms with E-state index in [4.69, 9.17) is 14.0 Å². The standard InChI is InChI=1S/C17H25BO4/c1-11(18-21-15(2,3)16(4,5)22-18)13-10-20-17(6)8-7-12(19)9-14(13)17/h7-8,14H,9-10H2,1-6H3/b13-11-/t14-,17-/m0/s1. The Morgan fingerprint density at radius 2 is 1.77 bits per heavy atom. The molecular weight excluding hydrogens is 279 g/mol. The van der Waals surface area contributed by atoms with E-state index < -0.39 is 0 Å². The van der Waals surface area contributed by atoms with E-state index in [0.29, 0.717) is 13.0 Å². The van der Waals surface area contributed by atoms with Crippen LogP contribution in [0.4, 0.5) is 0 Å². The Kier molecular flexibility index (Phi) is 3.48. The largest absolute Gasteiger partial charge is 0.490 e. The van der Waals surface area contributed by atoms with Gasteiger partial charge in [0.25, 0.3) is 0 Å². The fourth-order valence-electron chi connectivity index (χ4n) is 3.36. The number of rotatable bonds is 1. The predicted octanol–water partition coefficient (Wildman–Crippen LogP) is 2.87. The van der Waals surface area contributed by atoms with Crippen LogP contribution in [0, 0.1) is 5.92 Å². The summed E-state index contributed by atoms with van der Waals surface area (Å²) in [6.45, 7) is 12.8. The van der Waals surface area contributed by atoms with Crippen molar-refractivity contribution in [2.45, 2.75) is 64.8 Å². The van der Waals surface area contributed by atoms with Crippen molar-refractivity contribution in [2.75, 3.05) is 6.61 Å². The summed E-state index contributed by atoms with van der Waals surface area (Å²) >= 11 is 0. The summed E-state index contributed by atoms with van der Waals surface area (Å²) in [7, 11) is -0.369. The van der Waals surface area contributed by atoms with E-state index in [9.17, 15) is 4.79 Å². The first-order valence-electron chi connectivity index (χ1n) is 7.97. The molecule has 0 amide bonds. The van der Waals surface area contributed by atoms with Crippen molar-refractivity contribution >= 4 is 12.9 Å². The third-order valence-electron chi connectivity index (χ3n) is 5.77. The summed E-state index contributed by atoms with van der Waals surface area (Å²) in [5.74, 6) is 0.246. The maximum atomic E-state index is 11.8. The van der Waals surface area contributed by atoms with Crippen LogP contribution >= 0.6 is 0 Å². The Morgan fingerprint density at radius 3 is 2.36 bits per heavy atom. The minimum atomic E-state index is -0.381. The van der Waals surface area contributed by atoms with E-state index >= 15 is 0 Å². The van der Waals surface area contributed by atoms with Crippen LogP contribution in [0.5, 0.6) is 0 Å². The summed E-state index contributed by atoms with van der Waals surface area (Å²) in [6.07, 6.45) is 4.04. The molecule has 5 heteroatoms. The highest BCUT2D eigenvalue weighted by molar-refractivity contribution is 6.54. The second-order valence-electron chi connectivity index (χ2n) is 7.83. The molecule has 0 radical (unpaired) electrons. The lowest BCUT2D eigenvalue weighted by atomic mass is 9.69. The molecule has 4 nitrogen and oxygen atoms in total. The molecule has 22 heavy (non-hydrogen) atoms. The topological polar surface area (TPSA) is 44.8 Å². The van der Waals surface area contributed by atoms with Gasteiger partial charge in [-0.2, -0.15) is 0 Å². The normalized spacial score (nSPS) is 38.4. The molecule has 2 aliphatic heterocycles. The van der Waals surface area contributed by atoms with E-state index in [2.05, 4.69) is 0 Å². The number of ketones is 1. The molecule has 2 heterocycles. The van der Waals surface area contributed by atoms with E-state index in [0.717, 1.165) is 11.0 Å². The number of carbonyl (C=O) groups is 1. The smallest absolute Gasteiger partial charge is 0.400 e. The van der Waals surface area contributed by atoms with Gasteiger partial charge in [0.05, 0.1) is 23.4 Å². The molecule has 0 spiro atoms. The van der Waals surface area contributed by atoms with Gasteiger partial charge in [-0.05, 0) is 64.7 Å². The zero-order valence-corrected chi connectivity index (χ0v) is 14.4. The molecule has 120 valence electrons. The SMILES string of the molecule is C/C(B1OC(C)(C)C(C)(C)O1)=C1\CO[C@@]2(C)C=CC(=O)C[C@@H]12. The number of hydrogen-bond acceptors (Lipinski definition) is 4. The quantitative estimate of drug-likeness (QED) is 0.699. The van der Waals surface area contributed by atoms with Gasteiger partial charge in [-0.3, -0.25) is 4.79 Å².